The number of hydrogen-bond acceptors (Lipinski definition) is 7. The quantitative estimate of drug-likeness (QED) is 0.0630. The van der Waals surface area contributed by atoms with Crippen LogP contribution in [0.15, 0.2) is 4.99 Å². The van der Waals surface area contributed by atoms with E-state index in [4.69, 9.17) is 22.3 Å². The molecule has 0 bridgehead atoms. The molecule has 0 radical (unpaired) electrons. The van der Waals surface area contributed by atoms with Gasteiger partial charge in [-0.3, -0.25) is 24.2 Å². The van der Waals surface area contributed by atoms with Crippen LogP contribution in [0.2, 0.25) is 0 Å². The molecule has 0 aromatic rings. The topological polar surface area (TPSA) is 252 Å². The fourth-order valence-electron chi connectivity index (χ4n) is 3.26. The van der Waals surface area contributed by atoms with E-state index in [0.717, 1.165) is 0 Å². The van der Waals surface area contributed by atoms with Crippen LogP contribution in [0.3, 0.4) is 0 Å². The number of nitrogens with one attached hydrogen (secondary N) is 3. The van der Waals surface area contributed by atoms with E-state index in [0.29, 0.717) is 19.3 Å². The summed E-state index contributed by atoms with van der Waals surface area (Å²) in [6.07, 6.45) is 0.464. The Labute approximate surface area is 210 Å². The van der Waals surface area contributed by atoms with Gasteiger partial charge in [-0.1, -0.05) is 34.1 Å². The molecule has 0 aliphatic heterocycles. The van der Waals surface area contributed by atoms with Gasteiger partial charge in [0.05, 0.1) is 12.5 Å². The van der Waals surface area contributed by atoms with E-state index in [1.165, 1.54) is 0 Å². The van der Waals surface area contributed by atoms with Crippen LogP contribution >= 0.6 is 0 Å². The van der Waals surface area contributed by atoms with Crippen molar-refractivity contribution < 1.29 is 34.2 Å². The molecular formula is C22H41N7O7. The number of aliphatic imine (C=N–C) groups is 1. The van der Waals surface area contributed by atoms with E-state index >= 15 is 0 Å². The summed E-state index contributed by atoms with van der Waals surface area (Å²) in [5.74, 6) is -5.42. The van der Waals surface area contributed by atoms with E-state index in [9.17, 15) is 29.1 Å². The minimum absolute atomic E-state index is 0.123. The maximum atomic E-state index is 13.1. The summed E-state index contributed by atoms with van der Waals surface area (Å²) in [5, 5.41) is 25.5. The van der Waals surface area contributed by atoms with Gasteiger partial charge >= 0.3 is 11.9 Å². The van der Waals surface area contributed by atoms with Gasteiger partial charge in [-0.15, -0.1) is 0 Å². The maximum Gasteiger partial charge on any atom is 0.326 e. The Bertz CT molecular complexity index is 800. The van der Waals surface area contributed by atoms with Crippen LogP contribution in [0, 0.1) is 11.8 Å². The predicted molar refractivity (Wildman–Crippen MR) is 132 cm³/mol. The molecule has 5 unspecified atom stereocenters. The number of carbonyl (C=O) groups excluding carboxylic acids is 3. The first-order valence-electron chi connectivity index (χ1n) is 11.9. The molecule has 5 atom stereocenters. The molecule has 0 saturated carbocycles. The number of amides is 3. The van der Waals surface area contributed by atoms with Gasteiger partial charge in [0.15, 0.2) is 5.96 Å². The molecule has 3 amide bonds. The molecule has 0 saturated heterocycles. The monoisotopic (exact) mass is 515 g/mol. The molecule has 36 heavy (non-hydrogen) atoms. The highest BCUT2D eigenvalue weighted by atomic mass is 16.4. The zero-order valence-electron chi connectivity index (χ0n) is 21.3. The van der Waals surface area contributed by atoms with Crippen LogP contribution in [0.25, 0.3) is 0 Å². The van der Waals surface area contributed by atoms with Crippen LogP contribution in [0.1, 0.15) is 59.8 Å². The normalized spacial score (nSPS) is 15.1. The first-order chi connectivity index (χ1) is 16.7. The second-order valence-electron chi connectivity index (χ2n) is 9.12. The fraction of sp³-hybridized carbons (Fsp3) is 0.727. The third-order valence-electron chi connectivity index (χ3n) is 5.43. The van der Waals surface area contributed by atoms with Crippen LogP contribution in [0.4, 0.5) is 0 Å². The SMILES string of the molecule is CCC(C)C(NC(=O)C(CCCN=C(N)N)NC(=O)C(N)CC(C)C)C(=O)NC(CC(=O)O)C(=O)O. The smallest absolute Gasteiger partial charge is 0.326 e. The molecule has 0 aliphatic carbocycles. The molecule has 0 heterocycles. The number of guanidine groups is 1. The van der Waals surface area contributed by atoms with Crippen LogP contribution in [0.5, 0.6) is 0 Å². The van der Waals surface area contributed by atoms with Crippen molar-refractivity contribution in [3.05, 3.63) is 0 Å². The van der Waals surface area contributed by atoms with Crippen LogP contribution in [-0.2, 0) is 24.0 Å². The highest BCUT2D eigenvalue weighted by Gasteiger charge is 2.33. The molecule has 0 rings (SSSR count). The number of hydrogen-bond donors (Lipinski definition) is 8. The number of nitrogens with zero attached hydrogens (tertiary/aromatic N) is 1. The average Bonchev–Trinajstić information content (AvgIpc) is 2.76. The second-order valence-corrected chi connectivity index (χ2v) is 9.12. The van der Waals surface area contributed by atoms with Crippen molar-refractivity contribution in [3.8, 4) is 0 Å². The van der Waals surface area contributed by atoms with Crippen molar-refractivity contribution in [1.29, 1.82) is 0 Å². The first kappa shape index (κ1) is 32.6. The summed E-state index contributed by atoms with van der Waals surface area (Å²) in [6.45, 7) is 7.43. The Hall–Kier alpha value is -3.42. The lowest BCUT2D eigenvalue weighted by molar-refractivity contribution is -0.147. The van der Waals surface area contributed by atoms with Gasteiger partial charge in [-0.05, 0) is 31.1 Å². The molecule has 0 aliphatic rings. The van der Waals surface area contributed by atoms with Gasteiger partial charge in [0.2, 0.25) is 17.7 Å². The molecule has 0 spiro atoms. The number of nitrogens with two attached hydrogens (primary N) is 3. The molecule has 11 N–H and O–H groups in total. The Balaban J connectivity index is 5.68. The Kier molecular flexibility index (Phi) is 14.7. The molecule has 14 nitrogen and oxygen atoms in total. The van der Waals surface area contributed by atoms with Crippen molar-refractivity contribution in [3.63, 3.8) is 0 Å². The van der Waals surface area contributed by atoms with Crippen molar-refractivity contribution in [2.75, 3.05) is 6.54 Å². The number of rotatable bonds is 17. The summed E-state index contributed by atoms with van der Waals surface area (Å²) in [7, 11) is 0. The van der Waals surface area contributed by atoms with Crippen LogP contribution in [-0.4, -0.2) is 76.5 Å². The summed E-state index contributed by atoms with van der Waals surface area (Å²) >= 11 is 0. The first-order valence-corrected chi connectivity index (χ1v) is 11.9. The van der Waals surface area contributed by atoms with Crippen molar-refractivity contribution >= 4 is 35.6 Å². The van der Waals surface area contributed by atoms with E-state index in [-0.39, 0.29) is 24.8 Å². The van der Waals surface area contributed by atoms with Gasteiger partial charge < -0.3 is 43.4 Å². The molecule has 0 fully saturated rings. The van der Waals surface area contributed by atoms with Gasteiger partial charge in [0.1, 0.15) is 18.1 Å². The van der Waals surface area contributed by atoms with Gasteiger partial charge in [0.25, 0.3) is 0 Å². The lowest BCUT2D eigenvalue weighted by Crippen LogP contribution is -2.58. The minimum atomic E-state index is -1.68. The molecular weight excluding hydrogens is 474 g/mol. The van der Waals surface area contributed by atoms with E-state index in [1.807, 2.05) is 13.8 Å². The minimum Gasteiger partial charge on any atom is -0.481 e. The highest BCUT2D eigenvalue weighted by molar-refractivity contribution is 5.94. The number of aliphatic carboxylic acids is 2. The van der Waals surface area contributed by atoms with Gasteiger partial charge in [-0.25, -0.2) is 4.79 Å². The third-order valence-corrected chi connectivity index (χ3v) is 5.43. The zero-order valence-corrected chi connectivity index (χ0v) is 21.3. The lowest BCUT2D eigenvalue weighted by atomic mass is 9.96. The van der Waals surface area contributed by atoms with E-state index < -0.39 is 66.2 Å². The summed E-state index contributed by atoms with van der Waals surface area (Å²) in [6, 6.07) is -4.78. The second kappa shape index (κ2) is 16.3. The maximum absolute atomic E-state index is 13.1. The Morgan fingerprint density at radius 1 is 0.889 bits per heavy atom. The van der Waals surface area contributed by atoms with Gasteiger partial charge in [0, 0.05) is 6.54 Å². The third kappa shape index (κ3) is 12.9. The number of carboxylic acid groups (broad SMARTS) is 2. The molecule has 0 aromatic carbocycles. The van der Waals surface area contributed by atoms with E-state index in [2.05, 4.69) is 20.9 Å². The van der Waals surface area contributed by atoms with Crippen molar-refractivity contribution in [2.45, 2.75) is 84.0 Å². The predicted octanol–water partition coefficient (Wildman–Crippen LogP) is -1.53. The molecule has 0 aromatic heterocycles. The van der Waals surface area contributed by atoms with Crippen molar-refractivity contribution in [2.24, 2.45) is 34.0 Å². The number of carboxylic acids is 2. The largest absolute Gasteiger partial charge is 0.481 e. The summed E-state index contributed by atoms with van der Waals surface area (Å²) in [4.78, 5) is 64.7. The molecule has 206 valence electrons. The number of carbonyl (C=O) groups is 5. The Morgan fingerprint density at radius 3 is 1.94 bits per heavy atom. The summed E-state index contributed by atoms with van der Waals surface area (Å²) < 4.78 is 0. The highest BCUT2D eigenvalue weighted by Crippen LogP contribution is 2.11. The summed E-state index contributed by atoms with van der Waals surface area (Å²) in [5.41, 5.74) is 16.6. The van der Waals surface area contributed by atoms with Crippen molar-refractivity contribution in [1.82, 2.24) is 16.0 Å². The lowest BCUT2D eigenvalue weighted by Gasteiger charge is -2.28. The average molecular weight is 516 g/mol. The standard InChI is InChI=1S/C22H41N7O7/c1-5-12(4)17(20(34)28-15(21(35)36)10-16(30)31)29-19(33)14(7-6-8-26-22(24)25)27-18(32)13(23)9-11(2)3/h11-15,17H,5-10,23H2,1-4H3,(H,27,32)(H,28,34)(H,29,33)(H,30,31)(H,35,36)(H4,24,25,26). The zero-order chi connectivity index (χ0) is 28.0. The van der Waals surface area contributed by atoms with E-state index in [1.54, 1.807) is 13.8 Å². The Morgan fingerprint density at radius 2 is 1.47 bits per heavy atom. The van der Waals surface area contributed by atoms with Gasteiger partial charge in [-0.2, -0.15) is 0 Å². The fourth-order valence-corrected chi connectivity index (χ4v) is 3.26. The molecule has 14 heteroatoms. The van der Waals surface area contributed by atoms with Crippen LogP contribution < -0.4 is 33.2 Å².